The van der Waals surface area contributed by atoms with Crippen molar-refractivity contribution in [1.82, 2.24) is 15.1 Å². The summed E-state index contributed by atoms with van der Waals surface area (Å²) in [5.74, 6) is 1.30. The molecule has 2 rings (SSSR count). The van der Waals surface area contributed by atoms with Crippen LogP contribution in [0, 0.1) is 0 Å². The lowest BCUT2D eigenvalue weighted by Gasteiger charge is -2.36. The summed E-state index contributed by atoms with van der Waals surface area (Å²) in [4.78, 5) is 20.0. The van der Waals surface area contributed by atoms with Crippen molar-refractivity contribution in [1.29, 1.82) is 0 Å². The predicted molar refractivity (Wildman–Crippen MR) is 108 cm³/mol. The lowest BCUT2D eigenvalue weighted by Crippen LogP contribution is -2.53. The second-order valence-electron chi connectivity index (χ2n) is 6.66. The monoisotopic (exact) mass is 412 g/mol. The Bertz CT molecular complexity index is 692. The van der Waals surface area contributed by atoms with Gasteiger partial charge in [0.2, 0.25) is 5.91 Å². The fraction of sp³-hybridized carbons (Fsp3) is 0.600. The van der Waals surface area contributed by atoms with Crippen LogP contribution in [0.15, 0.2) is 23.2 Å². The molecule has 9 heteroatoms. The molecule has 1 aromatic carbocycles. The van der Waals surface area contributed by atoms with Gasteiger partial charge >= 0.3 is 6.61 Å². The van der Waals surface area contributed by atoms with Crippen LogP contribution in [0.3, 0.4) is 0 Å². The highest BCUT2D eigenvalue weighted by Gasteiger charge is 2.21. The van der Waals surface area contributed by atoms with Crippen molar-refractivity contribution in [3.63, 3.8) is 0 Å². The molecule has 1 heterocycles. The number of hydrogen-bond acceptors (Lipinski definition) is 4. The molecule has 29 heavy (non-hydrogen) atoms. The number of nitrogens with one attached hydrogen (secondary N) is 1. The van der Waals surface area contributed by atoms with Crippen LogP contribution in [-0.4, -0.2) is 67.6 Å². The van der Waals surface area contributed by atoms with Gasteiger partial charge in [0.25, 0.3) is 0 Å². The standard InChI is InChI=1S/C20H30F2N4O3/c1-4-12-28-17-7-6-16(18(13-17)29-19(21)22)14-24-20(23-5-2)26-10-8-25(9-11-26)15(3)27/h6-7,13,19H,4-5,8-12,14H2,1-3H3,(H,23,24). The number of guanidine groups is 1. The number of amides is 1. The number of aliphatic imine (C=N–C) groups is 1. The first kappa shape index (κ1) is 22.7. The second-order valence-corrected chi connectivity index (χ2v) is 6.66. The van der Waals surface area contributed by atoms with Gasteiger partial charge in [-0.1, -0.05) is 6.92 Å². The lowest BCUT2D eigenvalue weighted by atomic mass is 10.2. The van der Waals surface area contributed by atoms with E-state index in [1.807, 2.05) is 13.8 Å². The molecule has 1 aliphatic rings. The van der Waals surface area contributed by atoms with Gasteiger partial charge in [0, 0.05) is 51.3 Å². The number of hydrogen-bond donors (Lipinski definition) is 1. The van der Waals surface area contributed by atoms with Crippen LogP contribution in [0.25, 0.3) is 0 Å². The summed E-state index contributed by atoms with van der Waals surface area (Å²) in [6, 6.07) is 4.91. The number of piperazine rings is 1. The van der Waals surface area contributed by atoms with Crippen LogP contribution < -0.4 is 14.8 Å². The van der Waals surface area contributed by atoms with Crippen molar-refractivity contribution in [3.05, 3.63) is 23.8 Å². The van der Waals surface area contributed by atoms with Crippen molar-refractivity contribution in [3.8, 4) is 11.5 Å². The quantitative estimate of drug-likeness (QED) is 0.525. The first-order valence-electron chi connectivity index (χ1n) is 9.93. The van der Waals surface area contributed by atoms with Crippen molar-refractivity contribution in [2.45, 2.75) is 40.3 Å². The highest BCUT2D eigenvalue weighted by atomic mass is 19.3. The molecule has 0 saturated carbocycles. The molecular weight excluding hydrogens is 382 g/mol. The maximum Gasteiger partial charge on any atom is 0.387 e. The third-order valence-corrected chi connectivity index (χ3v) is 4.49. The van der Waals surface area contributed by atoms with Crippen molar-refractivity contribution >= 4 is 11.9 Å². The number of benzene rings is 1. The lowest BCUT2D eigenvalue weighted by molar-refractivity contribution is -0.130. The Kier molecular flexibility index (Phi) is 8.95. The van der Waals surface area contributed by atoms with E-state index in [0.29, 0.717) is 56.6 Å². The van der Waals surface area contributed by atoms with E-state index in [1.165, 1.54) is 6.07 Å². The Balaban J connectivity index is 2.13. The molecule has 1 N–H and O–H groups in total. The second kappa shape index (κ2) is 11.4. The average Bonchev–Trinajstić information content (AvgIpc) is 2.70. The fourth-order valence-electron chi connectivity index (χ4n) is 3.00. The summed E-state index contributed by atoms with van der Waals surface area (Å²) in [7, 11) is 0. The summed E-state index contributed by atoms with van der Waals surface area (Å²) in [6.45, 7) is 6.52. The molecule has 1 saturated heterocycles. The first-order chi connectivity index (χ1) is 13.9. The van der Waals surface area contributed by atoms with E-state index in [4.69, 9.17) is 4.74 Å². The average molecular weight is 412 g/mol. The first-order valence-corrected chi connectivity index (χ1v) is 9.93. The predicted octanol–water partition coefficient (Wildman–Crippen LogP) is 2.71. The number of ether oxygens (including phenoxy) is 2. The Morgan fingerprint density at radius 1 is 1.21 bits per heavy atom. The van der Waals surface area contributed by atoms with E-state index in [9.17, 15) is 13.6 Å². The minimum Gasteiger partial charge on any atom is -0.493 e. The van der Waals surface area contributed by atoms with Crippen molar-refractivity contribution in [2.24, 2.45) is 4.99 Å². The molecule has 1 amide bonds. The summed E-state index contributed by atoms with van der Waals surface area (Å²) < 4.78 is 35.9. The SMILES string of the molecule is CCCOc1ccc(CN=C(NCC)N2CCN(C(C)=O)CC2)c(OC(F)F)c1. The van der Waals surface area contributed by atoms with Crippen LogP contribution in [-0.2, 0) is 11.3 Å². The molecule has 7 nitrogen and oxygen atoms in total. The van der Waals surface area contributed by atoms with E-state index < -0.39 is 6.61 Å². The maximum atomic E-state index is 12.8. The van der Waals surface area contributed by atoms with Gasteiger partial charge in [0.15, 0.2) is 5.96 Å². The van der Waals surface area contributed by atoms with Gasteiger partial charge < -0.3 is 24.6 Å². The number of nitrogens with zero attached hydrogens (tertiary/aromatic N) is 3. The normalized spacial score (nSPS) is 14.9. The molecule has 0 aliphatic carbocycles. The van der Waals surface area contributed by atoms with Gasteiger partial charge in [-0.05, 0) is 25.5 Å². The molecule has 0 atom stereocenters. The zero-order valence-electron chi connectivity index (χ0n) is 17.3. The number of halogens is 2. The smallest absolute Gasteiger partial charge is 0.387 e. The highest BCUT2D eigenvalue weighted by Crippen LogP contribution is 2.27. The summed E-state index contributed by atoms with van der Waals surface area (Å²) in [5, 5.41) is 3.22. The van der Waals surface area contributed by atoms with Gasteiger partial charge in [-0.3, -0.25) is 4.79 Å². The molecule has 1 aliphatic heterocycles. The molecule has 162 valence electrons. The molecule has 0 aromatic heterocycles. The van der Waals surface area contributed by atoms with Crippen molar-refractivity contribution < 1.29 is 23.0 Å². The third kappa shape index (κ3) is 7.07. The maximum absolute atomic E-state index is 12.8. The highest BCUT2D eigenvalue weighted by molar-refractivity contribution is 5.80. The Morgan fingerprint density at radius 3 is 2.48 bits per heavy atom. The Hall–Kier alpha value is -2.58. The zero-order valence-corrected chi connectivity index (χ0v) is 17.3. The molecule has 1 fully saturated rings. The summed E-state index contributed by atoms with van der Waals surface area (Å²) >= 11 is 0. The van der Waals surface area contributed by atoms with E-state index >= 15 is 0 Å². The Morgan fingerprint density at radius 2 is 1.90 bits per heavy atom. The summed E-state index contributed by atoms with van der Waals surface area (Å²) in [6.07, 6.45) is 0.819. The van der Waals surface area contributed by atoms with Crippen LogP contribution >= 0.6 is 0 Å². The fourth-order valence-corrected chi connectivity index (χ4v) is 3.00. The van der Waals surface area contributed by atoms with Gasteiger partial charge in [0.05, 0.1) is 13.2 Å². The van der Waals surface area contributed by atoms with E-state index in [0.717, 1.165) is 6.42 Å². The molecule has 0 bridgehead atoms. The van der Waals surface area contributed by atoms with Crippen LogP contribution in [0.5, 0.6) is 11.5 Å². The largest absolute Gasteiger partial charge is 0.493 e. The van der Waals surface area contributed by atoms with E-state index in [2.05, 4.69) is 19.9 Å². The minimum atomic E-state index is -2.92. The topological polar surface area (TPSA) is 66.4 Å². The van der Waals surface area contributed by atoms with Gasteiger partial charge in [0.1, 0.15) is 11.5 Å². The molecule has 0 unspecified atom stereocenters. The third-order valence-electron chi connectivity index (χ3n) is 4.49. The van der Waals surface area contributed by atoms with E-state index in [1.54, 1.807) is 24.0 Å². The van der Waals surface area contributed by atoms with Crippen LogP contribution in [0.4, 0.5) is 8.78 Å². The number of carbonyl (C=O) groups excluding carboxylic acids is 1. The van der Waals surface area contributed by atoms with E-state index in [-0.39, 0.29) is 18.2 Å². The van der Waals surface area contributed by atoms with Crippen molar-refractivity contribution in [2.75, 3.05) is 39.3 Å². The van der Waals surface area contributed by atoms with Gasteiger partial charge in [-0.15, -0.1) is 0 Å². The number of rotatable bonds is 8. The minimum absolute atomic E-state index is 0.0609. The Labute approximate surface area is 170 Å². The van der Waals surface area contributed by atoms with Crippen LogP contribution in [0.2, 0.25) is 0 Å². The number of alkyl halides is 2. The number of carbonyl (C=O) groups is 1. The molecule has 0 spiro atoms. The van der Waals surface area contributed by atoms with Gasteiger partial charge in [-0.2, -0.15) is 8.78 Å². The van der Waals surface area contributed by atoms with Gasteiger partial charge in [-0.25, -0.2) is 4.99 Å². The van der Waals surface area contributed by atoms with Crippen LogP contribution in [0.1, 0.15) is 32.8 Å². The molecule has 1 aromatic rings. The molecular formula is C20H30F2N4O3. The molecule has 0 radical (unpaired) electrons. The summed E-state index contributed by atoms with van der Waals surface area (Å²) in [5.41, 5.74) is 0.548. The zero-order chi connectivity index (χ0) is 21.2.